The second kappa shape index (κ2) is 7.73. The molecule has 1 saturated heterocycles. The molecule has 3 heterocycles. The fourth-order valence-electron chi connectivity index (χ4n) is 3.68. The van der Waals surface area contributed by atoms with Crippen molar-refractivity contribution in [1.29, 1.82) is 0 Å². The molecule has 0 spiro atoms. The van der Waals surface area contributed by atoms with E-state index in [4.69, 9.17) is 4.74 Å². The molecule has 7 heteroatoms. The standard InChI is InChI=1S/C20H23N5O2/c1-27-20-18(22-16-6-2-3-7-17(16)23-20)8-9-19(26)25-12-4-5-14(13-25)15-10-11-21-24-15/h2-3,6-7,10-11,14H,4-5,8-9,12-13H2,1H3,(H,21,24)/t14-/m0/s1. The number of hydrogen-bond acceptors (Lipinski definition) is 5. The Morgan fingerprint density at radius 3 is 2.81 bits per heavy atom. The number of rotatable bonds is 5. The first kappa shape index (κ1) is 17.5. The number of carbonyl (C=O) groups is 1. The Balaban J connectivity index is 1.43. The van der Waals surface area contributed by atoms with Crippen molar-refractivity contribution in [2.24, 2.45) is 0 Å². The van der Waals surface area contributed by atoms with Crippen LogP contribution in [0.5, 0.6) is 5.88 Å². The first-order valence-corrected chi connectivity index (χ1v) is 9.31. The number of likely N-dealkylation sites (tertiary alicyclic amines) is 1. The number of aryl methyl sites for hydroxylation is 1. The van der Waals surface area contributed by atoms with E-state index in [1.807, 2.05) is 35.2 Å². The van der Waals surface area contributed by atoms with Gasteiger partial charge in [-0.15, -0.1) is 0 Å². The Labute approximate surface area is 157 Å². The molecule has 1 amide bonds. The number of amides is 1. The first-order chi connectivity index (χ1) is 13.2. The molecule has 1 aromatic carbocycles. The number of hydrogen-bond donors (Lipinski definition) is 1. The molecule has 1 aliphatic rings. The van der Waals surface area contributed by atoms with E-state index in [-0.39, 0.29) is 5.91 Å². The minimum Gasteiger partial charge on any atom is -0.480 e. The summed E-state index contributed by atoms with van der Waals surface area (Å²) in [4.78, 5) is 23.9. The lowest BCUT2D eigenvalue weighted by molar-refractivity contribution is -0.132. The molecule has 1 aliphatic heterocycles. The molecular formula is C20H23N5O2. The molecule has 0 unspecified atom stereocenters. The van der Waals surface area contributed by atoms with E-state index in [1.165, 1.54) is 0 Å². The van der Waals surface area contributed by atoms with Crippen molar-refractivity contribution >= 4 is 16.9 Å². The van der Waals surface area contributed by atoms with Gasteiger partial charge in [0, 0.05) is 43.7 Å². The Morgan fingerprint density at radius 2 is 2.07 bits per heavy atom. The van der Waals surface area contributed by atoms with E-state index < -0.39 is 0 Å². The van der Waals surface area contributed by atoms with Gasteiger partial charge in [-0.25, -0.2) is 9.97 Å². The SMILES string of the molecule is COc1nc2ccccc2nc1CCC(=O)N1CCC[C@H](c2ccn[nH]2)C1. The van der Waals surface area contributed by atoms with Crippen LogP contribution in [0.4, 0.5) is 0 Å². The lowest BCUT2D eigenvalue weighted by atomic mass is 9.94. The van der Waals surface area contributed by atoms with Crippen LogP contribution < -0.4 is 4.74 Å². The second-order valence-corrected chi connectivity index (χ2v) is 6.86. The van der Waals surface area contributed by atoms with Gasteiger partial charge in [-0.1, -0.05) is 12.1 Å². The summed E-state index contributed by atoms with van der Waals surface area (Å²) >= 11 is 0. The molecule has 4 rings (SSSR count). The molecule has 2 aromatic heterocycles. The van der Waals surface area contributed by atoms with Crippen molar-refractivity contribution < 1.29 is 9.53 Å². The van der Waals surface area contributed by atoms with Gasteiger partial charge in [-0.3, -0.25) is 9.89 Å². The third-order valence-electron chi connectivity index (χ3n) is 5.11. The highest BCUT2D eigenvalue weighted by Gasteiger charge is 2.25. The van der Waals surface area contributed by atoms with Crippen LogP contribution in [0.1, 0.15) is 36.6 Å². The molecule has 0 saturated carbocycles. The second-order valence-electron chi connectivity index (χ2n) is 6.86. The Hall–Kier alpha value is -2.96. The number of methoxy groups -OCH3 is 1. The number of H-pyrrole nitrogens is 1. The molecule has 0 radical (unpaired) electrons. The van der Waals surface area contributed by atoms with E-state index in [1.54, 1.807) is 13.3 Å². The fourth-order valence-corrected chi connectivity index (χ4v) is 3.68. The average molecular weight is 365 g/mol. The monoisotopic (exact) mass is 365 g/mol. The van der Waals surface area contributed by atoms with Gasteiger partial charge < -0.3 is 9.64 Å². The number of fused-ring (bicyclic) bond motifs is 1. The van der Waals surface area contributed by atoms with Gasteiger partial charge in [-0.2, -0.15) is 5.10 Å². The number of para-hydroxylation sites is 2. The van der Waals surface area contributed by atoms with Gasteiger partial charge in [0.05, 0.1) is 18.1 Å². The molecule has 27 heavy (non-hydrogen) atoms. The minimum atomic E-state index is 0.149. The maximum Gasteiger partial charge on any atom is 0.235 e. The number of ether oxygens (including phenoxy) is 1. The zero-order valence-electron chi connectivity index (χ0n) is 15.4. The largest absolute Gasteiger partial charge is 0.480 e. The van der Waals surface area contributed by atoms with Crippen LogP contribution in [-0.4, -0.2) is 51.2 Å². The Bertz CT molecular complexity index is 925. The van der Waals surface area contributed by atoms with E-state index in [2.05, 4.69) is 20.2 Å². The predicted octanol–water partition coefficient (Wildman–Crippen LogP) is 2.70. The maximum absolute atomic E-state index is 12.8. The van der Waals surface area contributed by atoms with Gasteiger partial charge in [0.25, 0.3) is 0 Å². The molecule has 3 aromatic rings. The Morgan fingerprint density at radius 1 is 1.26 bits per heavy atom. The summed E-state index contributed by atoms with van der Waals surface area (Å²) in [6.45, 7) is 1.55. The third kappa shape index (κ3) is 3.77. The predicted molar refractivity (Wildman–Crippen MR) is 102 cm³/mol. The lowest BCUT2D eigenvalue weighted by Crippen LogP contribution is -2.39. The summed E-state index contributed by atoms with van der Waals surface area (Å²) < 4.78 is 5.39. The molecule has 140 valence electrons. The van der Waals surface area contributed by atoms with Crippen molar-refractivity contribution in [1.82, 2.24) is 25.1 Å². The number of aromatic amines is 1. The van der Waals surface area contributed by atoms with Crippen LogP contribution in [0.2, 0.25) is 0 Å². The number of nitrogens with one attached hydrogen (secondary N) is 1. The summed E-state index contributed by atoms with van der Waals surface area (Å²) in [5.41, 5.74) is 3.45. The van der Waals surface area contributed by atoms with Gasteiger partial charge in [0.1, 0.15) is 5.69 Å². The van der Waals surface area contributed by atoms with Gasteiger partial charge >= 0.3 is 0 Å². The highest BCUT2D eigenvalue weighted by atomic mass is 16.5. The molecule has 1 N–H and O–H groups in total. The van der Waals surface area contributed by atoms with Gasteiger partial charge in [0.15, 0.2) is 0 Å². The van der Waals surface area contributed by atoms with E-state index in [0.717, 1.165) is 48.4 Å². The minimum absolute atomic E-state index is 0.149. The molecule has 1 atom stereocenters. The van der Waals surface area contributed by atoms with Crippen LogP contribution in [0.3, 0.4) is 0 Å². The zero-order chi connectivity index (χ0) is 18.6. The summed E-state index contributed by atoms with van der Waals surface area (Å²) in [7, 11) is 1.59. The Kier molecular flexibility index (Phi) is 5.00. The summed E-state index contributed by atoms with van der Waals surface area (Å²) in [5, 5.41) is 7.06. The van der Waals surface area contributed by atoms with Crippen molar-refractivity contribution in [3.63, 3.8) is 0 Å². The number of carbonyl (C=O) groups excluding carboxylic acids is 1. The van der Waals surface area contributed by atoms with Crippen LogP contribution in [-0.2, 0) is 11.2 Å². The van der Waals surface area contributed by atoms with E-state index >= 15 is 0 Å². The van der Waals surface area contributed by atoms with E-state index in [9.17, 15) is 4.79 Å². The van der Waals surface area contributed by atoms with Gasteiger partial charge in [-0.05, 0) is 31.0 Å². The molecule has 0 bridgehead atoms. The third-order valence-corrected chi connectivity index (χ3v) is 5.11. The van der Waals surface area contributed by atoms with Crippen LogP contribution in [0.15, 0.2) is 36.5 Å². The molecule has 0 aliphatic carbocycles. The molecule has 7 nitrogen and oxygen atoms in total. The van der Waals surface area contributed by atoms with Crippen molar-refractivity contribution in [2.75, 3.05) is 20.2 Å². The summed E-state index contributed by atoms with van der Waals surface area (Å²) in [5.74, 6) is 0.979. The van der Waals surface area contributed by atoms with Crippen LogP contribution >= 0.6 is 0 Å². The van der Waals surface area contributed by atoms with Crippen molar-refractivity contribution in [3.8, 4) is 5.88 Å². The van der Waals surface area contributed by atoms with Crippen LogP contribution in [0.25, 0.3) is 11.0 Å². The smallest absolute Gasteiger partial charge is 0.235 e. The van der Waals surface area contributed by atoms with Crippen molar-refractivity contribution in [3.05, 3.63) is 47.9 Å². The average Bonchev–Trinajstić information content (AvgIpc) is 3.26. The quantitative estimate of drug-likeness (QED) is 0.751. The highest BCUT2D eigenvalue weighted by molar-refractivity contribution is 5.77. The number of nitrogens with zero attached hydrogens (tertiary/aromatic N) is 4. The first-order valence-electron chi connectivity index (χ1n) is 9.31. The maximum atomic E-state index is 12.8. The summed E-state index contributed by atoms with van der Waals surface area (Å²) in [6, 6.07) is 9.68. The zero-order valence-corrected chi connectivity index (χ0v) is 15.4. The van der Waals surface area contributed by atoms with Crippen LogP contribution in [0, 0.1) is 0 Å². The topological polar surface area (TPSA) is 84.0 Å². The number of aromatic nitrogens is 4. The number of piperidine rings is 1. The summed E-state index contributed by atoms with van der Waals surface area (Å²) in [6.07, 6.45) is 4.77. The fraction of sp³-hybridized carbons (Fsp3) is 0.400. The molecular weight excluding hydrogens is 342 g/mol. The van der Waals surface area contributed by atoms with Gasteiger partial charge in [0.2, 0.25) is 11.8 Å². The number of benzene rings is 1. The highest BCUT2D eigenvalue weighted by Crippen LogP contribution is 2.26. The van der Waals surface area contributed by atoms with E-state index in [0.29, 0.717) is 24.6 Å². The van der Waals surface area contributed by atoms with Crippen molar-refractivity contribution in [2.45, 2.75) is 31.6 Å². The molecule has 1 fully saturated rings. The normalized spacial score (nSPS) is 17.2. The lowest BCUT2D eigenvalue weighted by Gasteiger charge is -2.32.